The van der Waals surface area contributed by atoms with Crippen LogP contribution in [0.5, 0.6) is 5.88 Å². The van der Waals surface area contributed by atoms with Gasteiger partial charge < -0.3 is 14.5 Å². The summed E-state index contributed by atoms with van der Waals surface area (Å²) in [6.45, 7) is 0.800. The van der Waals surface area contributed by atoms with Crippen molar-refractivity contribution in [2.45, 2.75) is 38.0 Å². The summed E-state index contributed by atoms with van der Waals surface area (Å²) in [5.74, 6) is 1.30. The maximum absolute atomic E-state index is 12.7. The summed E-state index contributed by atoms with van der Waals surface area (Å²) in [6, 6.07) is 7.08. The van der Waals surface area contributed by atoms with E-state index in [0.29, 0.717) is 23.1 Å². The van der Waals surface area contributed by atoms with E-state index < -0.39 is 11.9 Å². The Balaban J connectivity index is 1.37. The SMILES string of the molecule is COCC1CCC(Oc2ccc(-c3ccc(-c4ncc(C(F)(F)F)[nH]4)cn3)cn2)CC1. The van der Waals surface area contributed by atoms with Crippen LogP contribution < -0.4 is 4.74 Å². The second-order valence-corrected chi connectivity index (χ2v) is 7.68. The highest BCUT2D eigenvalue weighted by molar-refractivity contribution is 5.62. The summed E-state index contributed by atoms with van der Waals surface area (Å²) in [7, 11) is 1.73. The Morgan fingerprint density at radius 3 is 2.26 bits per heavy atom. The van der Waals surface area contributed by atoms with Crippen molar-refractivity contribution in [3.8, 4) is 28.5 Å². The summed E-state index contributed by atoms with van der Waals surface area (Å²) in [5, 5.41) is 0. The lowest BCUT2D eigenvalue weighted by Gasteiger charge is -2.28. The molecule has 0 spiro atoms. The third-order valence-electron chi connectivity index (χ3n) is 5.43. The number of ether oxygens (including phenoxy) is 2. The highest BCUT2D eigenvalue weighted by Crippen LogP contribution is 2.30. The van der Waals surface area contributed by atoms with Gasteiger partial charge in [-0.15, -0.1) is 0 Å². The molecule has 1 aliphatic carbocycles. The predicted octanol–water partition coefficient (Wildman–Crippen LogP) is 5.14. The Labute approximate surface area is 177 Å². The van der Waals surface area contributed by atoms with Crippen molar-refractivity contribution in [1.29, 1.82) is 0 Å². The molecule has 1 saturated carbocycles. The van der Waals surface area contributed by atoms with Crippen molar-refractivity contribution in [3.63, 3.8) is 0 Å². The molecule has 3 aromatic heterocycles. The van der Waals surface area contributed by atoms with Gasteiger partial charge in [-0.2, -0.15) is 13.2 Å². The van der Waals surface area contributed by atoms with Crippen LogP contribution in [0.4, 0.5) is 13.2 Å². The standard InChI is InChI=1S/C22H23F3N4O2/c1-30-13-14-2-6-17(7-3-14)31-20-9-5-15(10-27-20)18-8-4-16(11-26-18)21-28-12-19(29-21)22(23,24)25/h4-5,8-12,14,17H,2-3,6-7,13H2,1H3,(H,28,29). The minimum atomic E-state index is -4.46. The molecule has 9 heteroatoms. The fourth-order valence-corrected chi connectivity index (χ4v) is 3.74. The van der Waals surface area contributed by atoms with Gasteiger partial charge >= 0.3 is 6.18 Å². The molecule has 0 unspecified atom stereocenters. The number of hydrogen-bond donors (Lipinski definition) is 1. The number of halogens is 3. The molecule has 3 aromatic rings. The molecule has 0 amide bonds. The lowest BCUT2D eigenvalue weighted by molar-refractivity contribution is -0.140. The van der Waals surface area contributed by atoms with Gasteiger partial charge in [-0.05, 0) is 49.8 Å². The van der Waals surface area contributed by atoms with Crippen LogP contribution in [0.15, 0.2) is 42.9 Å². The van der Waals surface area contributed by atoms with Crippen molar-refractivity contribution in [2.24, 2.45) is 5.92 Å². The van der Waals surface area contributed by atoms with Crippen LogP contribution >= 0.6 is 0 Å². The highest BCUT2D eigenvalue weighted by atomic mass is 19.4. The Bertz CT molecular complexity index is 979. The number of nitrogens with zero attached hydrogens (tertiary/aromatic N) is 3. The quantitative estimate of drug-likeness (QED) is 0.584. The first-order valence-corrected chi connectivity index (χ1v) is 10.1. The molecule has 6 nitrogen and oxygen atoms in total. The number of rotatable bonds is 6. The van der Waals surface area contributed by atoms with Crippen molar-refractivity contribution in [3.05, 3.63) is 48.5 Å². The number of aromatic nitrogens is 4. The van der Waals surface area contributed by atoms with E-state index in [1.165, 1.54) is 6.20 Å². The van der Waals surface area contributed by atoms with E-state index in [1.807, 2.05) is 12.1 Å². The number of H-pyrrole nitrogens is 1. The van der Waals surface area contributed by atoms with Crippen molar-refractivity contribution in [1.82, 2.24) is 19.9 Å². The van der Waals surface area contributed by atoms with Gasteiger partial charge in [0.25, 0.3) is 0 Å². The molecule has 0 radical (unpaired) electrons. The van der Waals surface area contributed by atoms with Gasteiger partial charge in [-0.25, -0.2) is 9.97 Å². The molecule has 3 heterocycles. The summed E-state index contributed by atoms with van der Waals surface area (Å²) in [5.41, 5.74) is 1.03. The van der Waals surface area contributed by atoms with Gasteiger partial charge in [0.1, 0.15) is 17.6 Å². The number of aromatic amines is 1. The normalized spacial score (nSPS) is 19.4. The fraction of sp³-hybridized carbons (Fsp3) is 0.409. The Kier molecular flexibility index (Phi) is 6.22. The summed E-state index contributed by atoms with van der Waals surface area (Å²) in [6.07, 6.45) is 3.80. The van der Waals surface area contributed by atoms with Gasteiger partial charge in [0, 0.05) is 43.3 Å². The molecule has 1 aliphatic rings. The topological polar surface area (TPSA) is 72.9 Å². The molecular formula is C22H23F3N4O2. The number of alkyl halides is 3. The Hall–Kier alpha value is -2.94. The predicted molar refractivity (Wildman–Crippen MR) is 108 cm³/mol. The van der Waals surface area contributed by atoms with E-state index in [-0.39, 0.29) is 11.9 Å². The zero-order valence-electron chi connectivity index (χ0n) is 17.0. The van der Waals surface area contributed by atoms with Gasteiger partial charge in [-0.1, -0.05) is 0 Å². The molecule has 0 atom stereocenters. The molecule has 0 bridgehead atoms. The van der Waals surface area contributed by atoms with Crippen molar-refractivity contribution in [2.75, 3.05) is 13.7 Å². The fourth-order valence-electron chi connectivity index (χ4n) is 3.74. The van der Waals surface area contributed by atoms with E-state index in [9.17, 15) is 13.2 Å². The number of hydrogen-bond acceptors (Lipinski definition) is 5. The Morgan fingerprint density at radius 1 is 0.935 bits per heavy atom. The van der Waals surface area contributed by atoms with Gasteiger partial charge in [0.15, 0.2) is 0 Å². The average Bonchev–Trinajstić information content (AvgIpc) is 3.27. The monoisotopic (exact) mass is 432 g/mol. The van der Waals surface area contributed by atoms with Gasteiger partial charge in [0.2, 0.25) is 5.88 Å². The number of imidazole rings is 1. The van der Waals surface area contributed by atoms with Crippen LogP contribution in [-0.4, -0.2) is 39.8 Å². The molecule has 164 valence electrons. The maximum Gasteiger partial charge on any atom is 0.432 e. The zero-order chi connectivity index (χ0) is 21.8. The summed E-state index contributed by atoms with van der Waals surface area (Å²) < 4.78 is 49.4. The van der Waals surface area contributed by atoms with Crippen LogP contribution in [0.2, 0.25) is 0 Å². The molecule has 4 rings (SSSR count). The summed E-state index contributed by atoms with van der Waals surface area (Å²) >= 11 is 0. The molecule has 1 fully saturated rings. The van der Waals surface area contributed by atoms with E-state index >= 15 is 0 Å². The third-order valence-corrected chi connectivity index (χ3v) is 5.43. The first-order valence-electron chi connectivity index (χ1n) is 10.1. The van der Waals surface area contributed by atoms with Crippen molar-refractivity contribution >= 4 is 0 Å². The lowest BCUT2D eigenvalue weighted by Crippen LogP contribution is -2.26. The highest BCUT2D eigenvalue weighted by Gasteiger charge is 2.33. The molecule has 31 heavy (non-hydrogen) atoms. The largest absolute Gasteiger partial charge is 0.474 e. The van der Waals surface area contributed by atoms with Crippen molar-refractivity contribution < 1.29 is 22.6 Å². The van der Waals surface area contributed by atoms with E-state index in [4.69, 9.17) is 9.47 Å². The van der Waals surface area contributed by atoms with E-state index in [0.717, 1.165) is 44.1 Å². The maximum atomic E-state index is 12.7. The number of methoxy groups -OCH3 is 1. The van der Waals surface area contributed by atoms with Gasteiger partial charge in [0.05, 0.1) is 11.9 Å². The van der Waals surface area contributed by atoms with Gasteiger partial charge in [-0.3, -0.25) is 4.98 Å². The molecule has 0 aromatic carbocycles. The van der Waals surface area contributed by atoms with Crippen LogP contribution in [0, 0.1) is 5.92 Å². The third kappa shape index (κ3) is 5.22. The first kappa shape index (κ1) is 21.3. The Morgan fingerprint density at radius 2 is 1.68 bits per heavy atom. The first-order chi connectivity index (χ1) is 14.9. The van der Waals surface area contributed by atoms with Crippen LogP contribution in [0.3, 0.4) is 0 Å². The van der Waals surface area contributed by atoms with Crippen LogP contribution in [0.1, 0.15) is 31.4 Å². The lowest BCUT2D eigenvalue weighted by atomic mass is 9.88. The molecule has 0 saturated heterocycles. The van der Waals surface area contributed by atoms with E-state index in [1.54, 1.807) is 25.4 Å². The minimum absolute atomic E-state index is 0.119. The van der Waals surface area contributed by atoms with Crippen LogP contribution in [0.25, 0.3) is 22.6 Å². The summed E-state index contributed by atoms with van der Waals surface area (Å²) in [4.78, 5) is 14.8. The zero-order valence-corrected chi connectivity index (χ0v) is 17.0. The molecule has 0 aliphatic heterocycles. The smallest absolute Gasteiger partial charge is 0.432 e. The number of pyridine rings is 2. The second kappa shape index (κ2) is 9.05. The molecule has 1 N–H and O–H groups in total. The minimum Gasteiger partial charge on any atom is -0.474 e. The average molecular weight is 432 g/mol. The second-order valence-electron chi connectivity index (χ2n) is 7.68. The van der Waals surface area contributed by atoms with E-state index in [2.05, 4.69) is 19.9 Å². The van der Waals surface area contributed by atoms with Crippen LogP contribution in [-0.2, 0) is 10.9 Å². The number of nitrogens with one attached hydrogen (secondary N) is 1. The molecular weight excluding hydrogens is 409 g/mol.